The lowest BCUT2D eigenvalue weighted by Gasteiger charge is -1.90. The zero-order valence-electron chi connectivity index (χ0n) is 4.76. The average molecular weight is 144 g/mol. The molecule has 0 aliphatic heterocycles. The van der Waals surface area contributed by atoms with Crippen molar-refractivity contribution >= 4 is 5.82 Å². The molecule has 0 saturated carbocycles. The van der Waals surface area contributed by atoms with Crippen molar-refractivity contribution in [2.45, 2.75) is 0 Å². The predicted molar refractivity (Wildman–Crippen MR) is 29.9 cm³/mol. The summed E-state index contributed by atoms with van der Waals surface area (Å²) in [6.07, 6.45) is 0. The first-order valence-electron chi connectivity index (χ1n) is 2.37. The van der Waals surface area contributed by atoms with Crippen LogP contribution in [0.3, 0.4) is 0 Å². The predicted octanol–water partition coefficient (Wildman–Crippen LogP) is 0.339. The fraction of sp³-hybridized carbons (Fsp3) is 0. The lowest BCUT2D eigenvalue weighted by molar-refractivity contribution is -0.397. The first-order chi connectivity index (χ1) is 4.63. The SMILES string of the molecule is O=[N+]([O-])c1ccc(O)n1O. The van der Waals surface area contributed by atoms with Crippen LogP contribution in [-0.2, 0) is 0 Å². The number of aromatic nitrogens is 1. The van der Waals surface area contributed by atoms with E-state index in [-0.39, 0.29) is 4.73 Å². The zero-order chi connectivity index (χ0) is 7.72. The second kappa shape index (κ2) is 1.90. The Hall–Kier alpha value is -1.72. The fourth-order valence-corrected chi connectivity index (χ4v) is 0.546. The van der Waals surface area contributed by atoms with Gasteiger partial charge in [-0.15, -0.1) is 0 Å². The highest BCUT2D eigenvalue weighted by Crippen LogP contribution is 2.18. The maximum atomic E-state index is 9.95. The lowest BCUT2D eigenvalue weighted by Crippen LogP contribution is -1.96. The van der Waals surface area contributed by atoms with Crippen LogP contribution in [0.15, 0.2) is 12.1 Å². The van der Waals surface area contributed by atoms with Gasteiger partial charge < -0.3 is 20.4 Å². The quantitative estimate of drug-likeness (QED) is 0.338. The fourth-order valence-electron chi connectivity index (χ4n) is 0.546. The van der Waals surface area contributed by atoms with Crippen LogP contribution in [0.5, 0.6) is 5.88 Å². The van der Waals surface area contributed by atoms with E-state index in [1.165, 1.54) is 0 Å². The number of hydrogen-bond acceptors (Lipinski definition) is 4. The largest absolute Gasteiger partial charge is 0.475 e. The van der Waals surface area contributed by atoms with E-state index >= 15 is 0 Å². The summed E-state index contributed by atoms with van der Waals surface area (Å²) in [5.74, 6) is -1.11. The molecule has 0 aliphatic carbocycles. The van der Waals surface area contributed by atoms with Gasteiger partial charge in [0.05, 0.1) is 0 Å². The van der Waals surface area contributed by atoms with Crippen molar-refractivity contribution in [1.82, 2.24) is 4.73 Å². The molecular weight excluding hydrogens is 140 g/mol. The average Bonchev–Trinajstić information content (AvgIpc) is 2.14. The highest BCUT2D eigenvalue weighted by Gasteiger charge is 2.15. The van der Waals surface area contributed by atoms with Crippen molar-refractivity contribution in [3.05, 3.63) is 22.2 Å². The molecule has 0 fully saturated rings. The summed E-state index contributed by atoms with van der Waals surface area (Å²) in [7, 11) is 0. The summed E-state index contributed by atoms with van der Waals surface area (Å²) in [4.78, 5) is 9.14. The molecule has 1 aromatic rings. The molecule has 6 nitrogen and oxygen atoms in total. The monoisotopic (exact) mass is 144 g/mol. The molecule has 1 heterocycles. The second-order valence-corrected chi connectivity index (χ2v) is 1.62. The second-order valence-electron chi connectivity index (χ2n) is 1.62. The summed E-state index contributed by atoms with van der Waals surface area (Å²) in [6.45, 7) is 0. The molecule has 0 saturated heterocycles. The van der Waals surface area contributed by atoms with E-state index in [1.54, 1.807) is 0 Å². The summed E-state index contributed by atoms with van der Waals surface area (Å²) >= 11 is 0. The maximum absolute atomic E-state index is 9.95. The van der Waals surface area contributed by atoms with Crippen LogP contribution >= 0.6 is 0 Å². The van der Waals surface area contributed by atoms with E-state index in [9.17, 15) is 10.1 Å². The van der Waals surface area contributed by atoms with Crippen LogP contribution in [0, 0.1) is 10.1 Å². The highest BCUT2D eigenvalue weighted by molar-refractivity contribution is 5.28. The highest BCUT2D eigenvalue weighted by atomic mass is 16.6. The third kappa shape index (κ3) is 0.750. The Labute approximate surface area is 55.0 Å². The molecule has 10 heavy (non-hydrogen) atoms. The van der Waals surface area contributed by atoms with Gasteiger partial charge >= 0.3 is 11.7 Å². The number of nitro groups is 1. The third-order valence-corrected chi connectivity index (χ3v) is 1.00. The molecule has 0 atom stereocenters. The van der Waals surface area contributed by atoms with Crippen LogP contribution in [0.2, 0.25) is 0 Å². The number of aromatic hydroxyl groups is 1. The van der Waals surface area contributed by atoms with E-state index in [0.717, 1.165) is 12.1 Å². The summed E-state index contributed by atoms with van der Waals surface area (Å²) in [6, 6.07) is 2.02. The molecule has 0 amide bonds. The first kappa shape index (κ1) is 6.40. The molecule has 0 aromatic carbocycles. The Kier molecular flexibility index (Phi) is 1.22. The van der Waals surface area contributed by atoms with Gasteiger partial charge in [-0.05, 0) is 9.65 Å². The maximum Gasteiger partial charge on any atom is 0.365 e. The molecule has 6 heteroatoms. The topological polar surface area (TPSA) is 88.5 Å². The molecule has 0 bridgehead atoms. The molecule has 0 unspecified atom stereocenters. The van der Waals surface area contributed by atoms with Crippen LogP contribution < -0.4 is 0 Å². The normalized spacial score (nSPS) is 9.60. The van der Waals surface area contributed by atoms with Crippen LogP contribution in [0.4, 0.5) is 5.82 Å². The van der Waals surface area contributed by atoms with Gasteiger partial charge in [-0.1, -0.05) is 0 Å². The van der Waals surface area contributed by atoms with Crippen LogP contribution in [0.25, 0.3) is 0 Å². The van der Waals surface area contributed by atoms with Gasteiger partial charge in [-0.25, -0.2) is 0 Å². The van der Waals surface area contributed by atoms with Crippen molar-refractivity contribution in [1.29, 1.82) is 0 Å². The minimum absolute atomic E-state index is 0.0972. The number of rotatable bonds is 1. The van der Waals surface area contributed by atoms with E-state index in [0.29, 0.717) is 0 Å². The molecule has 1 aromatic heterocycles. The molecule has 1 rings (SSSR count). The standard InChI is InChI=1S/C4H4N2O4/c7-4-2-1-3(5(4)8)6(9)10/h1-2,7-8H. The smallest absolute Gasteiger partial charge is 0.365 e. The number of nitrogens with zero attached hydrogens (tertiary/aromatic N) is 2. The van der Waals surface area contributed by atoms with Crippen LogP contribution in [-0.4, -0.2) is 20.0 Å². The Morgan fingerprint density at radius 3 is 2.40 bits per heavy atom. The van der Waals surface area contributed by atoms with E-state index in [4.69, 9.17) is 10.3 Å². The van der Waals surface area contributed by atoms with Gasteiger partial charge in [0.1, 0.15) is 0 Å². The van der Waals surface area contributed by atoms with Gasteiger partial charge in [0.25, 0.3) is 0 Å². The van der Waals surface area contributed by atoms with Crippen molar-refractivity contribution in [2.75, 3.05) is 0 Å². The van der Waals surface area contributed by atoms with Crippen molar-refractivity contribution in [3.63, 3.8) is 0 Å². The van der Waals surface area contributed by atoms with Gasteiger partial charge in [0.2, 0.25) is 0 Å². The van der Waals surface area contributed by atoms with E-state index < -0.39 is 16.6 Å². The summed E-state index contributed by atoms with van der Waals surface area (Å²) in [5, 5.41) is 27.2. The van der Waals surface area contributed by atoms with Crippen molar-refractivity contribution in [3.8, 4) is 5.88 Å². The molecule has 2 N–H and O–H groups in total. The van der Waals surface area contributed by atoms with E-state index in [2.05, 4.69) is 0 Å². The molecular formula is C4H4N2O4. The van der Waals surface area contributed by atoms with Crippen molar-refractivity contribution < 1.29 is 15.2 Å². The zero-order valence-corrected chi connectivity index (χ0v) is 4.76. The molecule has 54 valence electrons. The van der Waals surface area contributed by atoms with Crippen LogP contribution in [0.1, 0.15) is 0 Å². The van der Waals surface area contributed by atoms with Gasteiger partial charge in [-0.3, -0.25) is 0 Å². The van der Waals surface area contributed by atoms with E-state index in [1.807, 2.05) is 0 Å². The third-order valence-electron chi connectivity index (χ3n) is 1.00. The Bertz CT molecular complexity index is 266. The first-order valence-corrected chi connectivity index (χ1v) is 2.37. The van der Waals surface area contributed by atoms with Gasteiger partial charge in [-0.2, -0.15) is 0 Å². The minimum atomic E-state index is -0.806. The lowest BCUT2D eigenvalue weighted by atomic mass is 10.6. The molecule has 0 radical (unpaired) electrons. The Morgan fingerprint density at radius 2 is 2.20 bits per heavy atom. The Balaban J connectivity index is 3.17. The van der Waals surface area contributed by atoms with Crippen molar-refractivity contribution in [2.24, 2.45) is 0 Å². The number of hydrogen-bond donors (Lipinski definition) is 2. The summed E-state index contributed by atoms with van der Waals surface area (Å²) in [5.41, 5.74) is 0. The van der Waals surface area contributed by atoms with Gasteiger partial charge in [0, 0.05) is 12.1 Å². The summed E-state index contributed by atoms with van der Waals surface area (Å²) < 4.78 is 0.0972. The van der Waals surface area contributed by atoms with Gasteiger partial charge in [0.15, 0.2) is 0 Å². The minimum Gasteiger partial charge on any atom is -0.475 e. The Morgan fingerprint density at radius 1 is 1.60 bits per heavy atom. The molecule has 0 aliphatic rings. The molecule has 0 spiro atoms.